The Kier molecular flexibility index (Phi) is 11.6. The number of piperidine rings is 1. The predicted octanol–water partition coefficient (Wildman–Crippen LogP) is 5.55. The number of hydrogen-bond donors (Lipinski definition) is 3. The van der Waals surface area contributed by atoms with Crippen molar-refractivity contribution in [3.05, 3.63) is 52.8 Å². The van der Waals surface area contributed by atoms with Crippen molar-refractivity contribution < 1.29 is 19.4 Å². The van der Waals surface area contributed by atoms with E-state index >= 15 is 0 Å². The van der Waals surface area contributed by atoms with Crippen molar-refractivity contribution >= 4 is 23.6 Å². The summed E-state index contributed by atoms with van der Waals surface area (Å²) in [5, 5.41) is 19.2. The lowest BCUT2D eigenvalue weighted by molar-refractivity contribution is -0.142. The fraction of sp³-hybridized carbons (Fsp3) is 0.606. The van der Waals surface area contributed by atoms with E-state index in [9.17, 15) is 14.7 Å². The number of likely N-dealkylation sites (tertiary alicyclic amines) is 1. The number of hydrogen-bond acceptors (Lipinski definition) is 6. The molecule has 0 unspecified atom stereocenters. The van der Waals surface area contributed by atoms with E-state index in [0.717, 1.165) is 62.6 Å². The number of halogens is 1. The van der Waals surface area contributed by atoms with Crippen molar-refractivity contribution in [2.45, 2.75) is 70.3 Å². The number of nitrogens with zero attached hydrogens (tertiary/aromatic N) is 2. The predicted molar refractivity (Wildman–Crippen MR) is 166 cm³/mol. The fourth-order valence-electron chi connectivity index (χ4n) is 6.91. The molecule has 2 fully saturated rings. The molecule has 1 aliphatic heterocycles. The first-order valence-electron chi connectivity index (χ1n) is 15.5. The van der Waals surface area contributed by atoms with Gasteiger partial charge in [-0.05, 0) is 88.4 Å². The Morgan fingerprint density at radius 3 is 2.69 bits per heavy atom. The van der Waals surface area contributed by atoms with Crippen molar-refractivity contribution in [2.24, 2.45) is 17.8 Å². The monoisotopic (exact) mass is 598 g/mol. The van der Waals surface area contributed by atoms with Gasteiger partial charge in [-0.15, -0.1) is 0 Å². The van der Waals surface area contributed by atoms with Gasteiger partial charge in [-0.3, -0.25) is 9.78 Å². The van der Waals surface area contributed by atoms with Gasteiger partial charge < -0.3 is 25.4 Å². The Balaban J connectivity index is 1.63. The molecule has 2 aliphatic rings. The van der Waals surface area contributed by atoms with E-state index in [0.29, 0.717) is 49.0 Å². The number of carbonyl (C=O) groups excluding carboxylic acids is 2. The molecule has 9 heteroatoms. The number of ether oxygens (including phenoxy) is 1. The summed E-state index contributed by atoms with van der Waals surface area (Å²) in [6.45, 7) is 4.66. The molecule has 0 radical (unpaired) electrons. The lowest BCUT2D eigenvalue weighted by Crippen LogP contribution is -2.50. The van der Waals surface area contributed by atoms with Crippen LogP contribution < -0.4 is 10.6 Å². The quantitative estimate of drug-likeness (QED) is 0.293. The number of nitrogens with one attached hydrogen (secondary N) is 2. The van der Waals surface area contributed by atoms with Crippen molar-refractivity contribution in [3.63, 3.8) is 0 Å². The number of methoxy groups -OCH3 is 1. The molecule has 1 aromatic carbocycles. The molecule has 4 rings (SSSR count). The van der Waals surface area contributed by atoms with Gasteiger partial charge in [0.2, 0.25) is 5.91 Å². The van der Waals surface area contributed by atoms with Crippen molar-refractivity contribution in [1.82, 2.24) is 20.5 Å². The van der Waals surface area contributed by atoms with E-state index in [1.165, 1.54) is 12.7 Å². The number of aliphatic hydroxyl groups is 1. The molecule has 0 spiro atoms. The minimum absolute atomic E-state index is 0.0504. The van der Waals surface area contributed by atoms with Gasteiger partial charge in [-0.25, -0.2) is 4.79 Å². The second kappa shape index (κ2) is 15.2. The Morgan fingerprint density at radius 2 is 1.98 bits per heavy atom. The second-order valence-electron chi connectivity index (χ2n) is 11.9. The highest BCUT2D eigenvalue weighted by atomic mass is 35.5. The number of carbonyl (C=O) groups is 2. The molecule has 2 atom stereocenters. The van der Waals surface area contributed by atoms with Crippen LogP contribution in [0.4, 0.5) is 4.79 Å². The van der Waals surface area contributed by atoms with Crippen LogP contribution in [0.25, 0.3) is 11.1 Å². The van der Waals surface area contributed by atoms with E-state index in [1.54, 1.807) is 12.4 Å². The van der Waals surface area contributed by atoms with Crippen LogP contribution in [0.15, 0.2) is 36.7 Å². The van der Waals surface area contributed by atoms with Gasteiger partial charge in [0.25, 0.3) is 0 Å². The first kappa shape index (κ1) is 32.2. The SMILES string of the molecule is CCc1cccc(-c2c(Cl)cncc2[C@](O)(CCCNC(=O)OC)[C@@H]2CCCN(C(=O)[C@H]3CC[C@H](CNC)CC3)C2)c1. The molecule has 2 heterocycles. The zero-order valence-corrected chi connectivity index (χ0v) is 26.1. The van der Waals surface area contributed by atoms with Crippen LogP contribution in [0.1, 0.15) is 69.4 Å². The van der Waals surface area contributed by atoms with Crippen molar-refractivity contribution in [3.8, 4) is 11.1 Å². The number of alkyl carbamates (subject to hydrolysis) is 1. The maximum Gasteiger partial charge on any atom is 0.406 e. The molecular formula is C33H47ClN4O4. The number of aromatic nitrogens is 1. The molecule has 230 valence electrons. The molecule has 3 N–H and O–H groups in total. The van der Waals surface area contributed by atoms with Gasteiger partial charge in [-0.2, -0.15) is 0 Å². The summed E-state index contributed by atoms with van der Waals surface area (Å²) in [6, 6.07) is 8.23. The van der Waals surface area contributed by atoms with Gasteiger partial charge in [0.15, 0.2) is 0 Å². The fourth-order valence-corrected chi connectivity index (χ4v) is 7.18. The third-order valence-electron chi connectivity index (χ3n) is 9.28. The standard InChI is InChI=1S/C33H47ClN4O4/c1-4-23-8-5-9-26(18-23)30-28(20-36-21-29(30)34)33(41,15-7-16-37-32(40)42-3)27-10-6-17-38(22-27)31(39)25-13-11-24(12-14-25)19-35-2/h5,8-9,18,20-21,24-25,27,35,41H,4,6-7,10-17,19,22H2,1-3H3,(H,37,40)/t24-,25-,27-,33+/m1/s1. The van der Waals surface area contributed by atoms with Gasteiger partial charge >= 0.3 is 6.09 Å². The van der Waals surface area contributed by atoms with Crippen molar-refractivity contribution in [2.75, 3.05) is 40.3 Å². The largest absolute Gasteiger partial charge is 0.453 e. The molecule has 1 aromatic heterocycles. The summed E-state index contributed by atoms with van der Waals surface area (Å²) >= 11 is 6.82. The van der Waals surface area contributed by atoms with Crippen LogP contribution in [0.2, 0.25) is 5.02 Å². The third-order valence-corrected chi connectivity index (χ3v) is 9.56. The zero-order valence-electron chi connectivity index (χ0n) is 25.3. The molecule has 2 aromatic rings. The number of amides is 2. The van der Waals surface area contributed by atoms with Gasteiger partial charge in [-0.1, -0.05) is 42.8 Å². The molecule has 1 saturated heterocycles. The van der Waals surface area contributed by atoms with E-state index < -0.39 is 11.7 Å². The molecule has 0 bridgehead atoms. The highest BCUT2D eigenvalue weighted by molar-refractivity contribution is 6.33. The topological polar surface area (TPSA) is 104 Å². The highest BCUT2D eigenvalue weighted by Crippen LogP contribution is 2.45. The molecule has 1 aliphatic carbocycles. The number of pyridine rings is 1. The molecule has 2 amide bonds. The zero-order chi connectivity index (χ0) is 30.1. The lowest BCUT2D eigenvalue weighted by atomic mass is 9.72. The summed E-state index contributed by atoms with van der Waals surface area (Å²) in [5.74, 6) is 0.700. The van der Waals surface area contributed by atoms with Crippen molar-refractivity contribution in [1.29, 1.82) is 0 Å². The Hall–Kier alpha value is -2.68. The molecule has 1 saturated carbocycles. The van der Waals surface area contributed by atoms with Gasteiger partial charge in [0, 0.05) is 55.0 Å². The molecule has 8 nitrogen and oxygen atoms in total. The number of benzene rings is 1. The van der Waals surface area contributed by atoms with E-state index in [2.05, 4.69) is 34.7 Å². The van der Waals surface area contributed by atoms with Gasteiger partial charge in [0.1, 0.15) is 0 Å². The first-order valence-corrected chi connectivity index (χ1v) is 15.9. The highest BCUT2D eigenvalue weighted by Gasteiger charge is 2.44. The van der Waals surface area contributed by atoms with Crippen LogP contribution in [-0.2, 0) is 21.6 Å². The average molecular weight is 599 g/mol. The average Bonchev–Trinajstić information content (AvgIpc) is 3.03. The van der Waals surface area contributed by atoms with E-state index in [4.69, 9.17) is 16.3 Å². The van der Waals surface area contributed by atoms with Crippen LogP contribution in [0, 0.1) is 17.8 Å². The van der Waals surface area contributed by atoms with Gasteiger partial charge in [0.05, 0.1) is 17.7 Å². The summed E-state index contributed by atoms with van der Waals surface area (Å²) in [6.07, 6.45) is 10.2. The second-order valence-corrected chi connectivity index (χ2v) is 12.3. The Morgan fingerprint density at radius 1 is 1.19 bits per heavy atom. The van der Waals surface area contributed by atoms with Crippen LogP contribution in [0.5, 0.6) is 0 Å². The third kappa shape index (κ3) is 7.63. The maximum atomic E-state index is 13.7. The first-order chi connectivity index (χ1) is 20.3. The smallest absolute Gasteiger partial charge is 0.406 e. The maximum absolute atomic E-state index is 13.7. The summed E-state index contributed by atoms with van der Waals surface area (Å²) < 4.78 is 4.73. The Bertz CT molecular complexity index is 1200. The normalized spacial score (nSPS) is 22.3. The van der Waals surface area contributed by atoms with E-state index in [-0.39, 0.29) is 17.7 Å². The van der Waals surface area contributed by atoms with Crippen LogP contribution in [0.3, 0.4) is 0 Å². The van der Waals surface area contributed by atoms with Crippen LogP contribution in [-0.4, -0.2) is 67.3 Å². The summed E-state index contributed by atoms with van der Waals surface area (Å²) in [5.41, 5.74) is 2.25. The molecule has 42 heavy (non-hydrogen) atoms. The summed E-state index contributed by atoms with van der Waals surface area (Å²) in [4.78, 5) is 31.9. The van der Waals surface area contributed by atoms with E-state index in [1.807, 2.05) is 24.1 Å². The number of rotatable bonds is 11. The minimum atomic E-state index is -1.31. The minimum Gasteiger partial charge on any atom is -0.453 e. The number of aryl methyl sites for hydroxylation is 1. The van der Waals surface area contributed by atoms with Crippen LogP contribution >= 0.6 is 11.6 Å². The summed E-state index contributed by atoms with van der Waals surface area (Å²) in [7, 11) is 3.32. The molecular weight excluding hydrogens is 552 g/mol. The lowest BCUT2D eigenvalue weighted by Gasteiger charge is -2.44. The Labute approximate surface area is 255 Å².